The quantitative estimate of drug-likeness (QED) is 0.328. The summed E-state index contributed by atoms with van der Waals surface area (Å²) in [7, 11) is 1.79. The zero-order chi connectivity index (χ0) is 22.4. The summed E-state index contributed by atoms with van der Waals surface area (Å²) >= 11 is 0. The van der Waals surface area contributed by atoms with Crippen LogP contribution in [-0.2, 0) is 18.4 Å². The Labute approximate surface area is 200 Å². The first-order valence-corrected chi connectivity index (χ1v) is 9.72. The Hall–Kier alpha value is -2.58. The minimum Gasteiger partial charge on any atom is -0.468 e. The van der Waals surface area contributed by atoms with Crippen molar-refractivity contribution in [3.8, 4) is 5.88 Å². The molecule has 1 fully saturated rings. The fraction of sp³-hybridized carbons (Fsp3) is 0.474. The molecule has 2 aromatic rings. The van der Waals surface area contributed by atoms with E-state index in [0.29, 0.717) is 31.2 Å². The van der Waals surface area contributed by atoms with Crippen LogP contribution in [0.2, 0.25) is 0 Å². The number of alkyl halides is 3. The van der Waals surface area contributed by atoms with E-state index in [1.807, 2.05) is 11.8 Å². The highest BCUT2D eigenvalue weighted by molar-refractivity contribution is 14.0. The molecule has 0 radical (unpaired) electrons. The highest BCUT2D eigenvalue weighted by Crippen LogP contribution is 2.18. The van der Waals surface area contributed by atoms with Crippen LogP contribution in [0.5, 0.6) is 5.88 Å². The Bertz CT molecular complexity index is 936. The Morgan fingerprint density at radius 2 is 2.12 bits per heavy atom. The third-order valence-electron chi connectivity index (χ3n) is 4.45. The fourth-order valence-electron chi connectivity index (χ4n) is 3.05. The maximum atomic E-state index is 12.6. The summed E-state index contributed by atoms with van der Waals surface area (Å²) < 4.78 is 43.3. The van der Waals surface area contributed by atoms with Crippen LogP contribution in [0.1, 0.15) is 12.5 Å². The first-order valence-electron chi connectivity index (χ1n) is 9.72. The summed E-state index contributed by atoms with van der Waals surface area (Å²) in [5.41, 5.74) is 1.39. The number of anilines is 1. The van der Waals surface area contributed by atoms with Crippen LogP contribution in [0.4, 0.5) is 18.9 Å². The number of rotatable bonds is 6. The van der Waals surface area contributed by atoms with Crippen molar-refractivity contribution < 1.29 is 22.7 Å². The second-order valence-corrected chi connectivity index (χ2v) is 6.92. The summed E-state index contributed by atoms with van der Waals surface area (Å²) in [5, 5.41) is 7.26. The van der Waals surface area contributed by atoms with Crippen molar-refractivity contribution in [1.29, 1.82) is 0 Å². The van der Waals surface area contributed by atoms with E-state index < -0.39 is 12.8 Å². The Morgan fingerprint density at radius 1 is 1.34 bits per heavy atom. The van der Waals surface area contributed by atoms with Crippen molar-refractivity contribution in [3.63, 3.8) is 0 Å². The number of nitrogens with zero attached hydrogens (tertiary/aromatic N) is 6. The number of aliphatic imine (C=N–C) groups is 1. The van der Waals surface area contributed by atoms with Crippen molar-refractivity contribution in [2.24, 2.45) is 12.0 Å². The predicted molar refractivity (Wildman–Crippen MR) is 123 cm³/mol. The van der Waals surface area contributed by atoms with Crippen molar-refractivity contribution in [3.05, 3.63) is 36.3 Å². The van der Waals surface area contributed by atoms with E-state index in [-0.39, 0.29) is 48.9 Å². The standard InChI is InChI=1S/C19H24F3N7O2.HI/c1-3-23-18(25-9-14-4-5-24-16(8-14)31-13-19(20,21)22)28-6-7-29(17(30)12-28)15-10-26-27(2)11-15;/h4-5,8,10-11H,3,6-7,9,12-13H2,1-2H3,(H,23,25);1H. The number of hydrogen-bond donors (Lipinski definition) is 1. The molecule has 1 saturated heterocycles. The number of piperazine rings is 1. The van der Waals surface area contributed by atoms with Gasteiger partial charge in [0.25, 0.3) is 0 Å². The van der Waals surface area contributed by atoms with E-state index >= 15 is 0 Å². The highest BCUT2D eigenvalue weighted by Gasteiger charge is 2.29. The van der Waals surface area contributed by atoms with Gasteiger partial charge in [-0.25, -0.2) is 9.98 Å². The molecule has 1 amide bonds. The number of nitrogens with one attached hydrogen (secondary N) is 1. The maximum absolute atomic E-state index is 12.6. The van der Waals surface area contributed by atoms with Gasteiger partial charge in [-0.05, 0) is 18.6 Å². The molecule has 2 aromatic heterocycles. The molecule has 0 bridgehead atoms. The second kappa shape index (κ2) is 11.3. The van der Waals surface area contributed by atoms with Gasteiger partial charge in [0, 0.05) is 45.1 Å². The van der Waals surface area contributed by atoms with Crippen LogP contribution in [-0.4, -0.2) is 70.5 Å². The number of aromatic nitrogens is 3. The van der Waals surface area contributed by atoms with Crippen molar-refractivity contribution in [2.45, 2.75) is 19.6 Å². The number of aryl methyl sites for hydroxylation is 1. The molecule has 3 heterocycles. The molecule has 0 atom stereocenters. The number of carbonyl (C=O) groups is 1. The van der Waals surface area contributed by atoms with Gasteiger partial charge in [0.2, 0.25) is 11.8 Å². The van der Waals surface area contributed by atoms with E-state index in [1.165, 1.54) is 12.3 Å². The van der Waals surface area contributed by atoms with Crippen LogP contribution in [0, 0.1) is 0 Å². The monoisotopic (exact) mass is 567 g/mol. The van der Waals surface area contributed by atoms with Gasteiger partial charge in [-0.15, -0.1) is 24.0 Å². The smallest absolute Gasteiger partial charge is 0.422 e. The van der Waals surface area contributed by atoms with Crippen LogP contribution in [0.25, 0.3) is 0 Å². The molecule has 32 heavy (non-hydrogen) atoms. The highest BCUT2D eigenvalue weighted by atomic mass is 127. The van der Waals surface area contributed by atoms with Crippen molar-refractivity contribution in [2.75, 3.05) is 37.7 Å². The van der Waals surface area contributed by atoms with Gasteiger partial charge >= 0.3 is 6.18 Å². The average molecular weight is 567 g/mol. The SMILES string of the molecule is CCNC(=NCc1ccnc(OCC(F)(F)F)c1)N1CCN(c2cnn(C)c2)C(=O)C1.I. The van der Waals surface area contributed by atoms with E-state index in [2.05, 4.69) is 25.1 Å². The van der Waals surface area contributed by atoms with Gasteiger partial charge < -0.3 is 19.9 Å². The van der Waals surface area contributed by atoms with Gasteiger partial charge in [0.1, 0.15) is 6.54 Å². The molecule has 3 rings (SSSR count). The summed E-state index contributed by atoms with van der Waals surface area (Å²) in [6.45, 7) is 2.52. The first-order chi connectivity index (χ1) is 14.7. The van der Waals surface area contributed by atoms with Crippen LogP contribution in [0.15, 0.2) is 35.7 Å². The number of guanidine groups is 1. The largest absolute Gasteiger partial charge is 0.468 e. The lowest BCUT2D eigenvalue weighted by Gasteiger charge is -2.35. The maximum Gasteiger partial charge on any atom is 0.422 e. The number of amides is 1. The zero-order valence-corrected chi connectivity index (χ0v) is 20.0. The second-order valence-electron chi connectivity index (χ2n) is 6.92. The fourth-order valence-corrected chi connectivity index (χ4v) is 3.05. The number of halogens is 4. The number of pyridine rings is 1. The molecule has 0 saturated carbocycles. The molecule has 9 nitrogen and oxygen atoms in total. The van der Waals surface area contributed by atoms with Gasteiger partial charge in [0.05, 0.1) is 18.4 Å². The average Bonchev–Trinajstić information content (AvgIpc) is 3.15. The third-order valence-corrected chi connectivity index (χ3v) is 4.45. The van der Waals surface area contributed by atoms with E-state index in [9.17, 15) is 18.0 Å². The van der Waals surface area contributed by atoms with Gasteiger partial charge in [-0.3, -0.25) is 9.48 Å². The van der Waals surface area contributed by atoms with E-state index in [0.717, 1.165) is 5.69 Å². The molecule has 1 N–H and O–H groups in total. The Balaban J connectivity index is 0.00000363. The zero-order valence-electron chi connectivity index (χ0n) is 17.7. The summed E-state index contributed by atoms with van der Waals surface area (Å²) in [4.78, 5) is 24.5. The van der Waals surface area contributed by atoms with E-state index in [4.69, 9.17) is 0 Å². The lowest BCUT2D eigenvalue weighted by atomic mass is 10.2. The minimum absolute atomic E-state index is 0. The number of carbonyl (C=O) groups excluding carboxylic acids is 1. The van der Waals surface area contributed by atoms with Crippen LogP contribution < -0.4 is 15.0 Å². The molecule has 0 aliphatic carbocycles. The lowest BCUT2D eigenvalue weighted by molar-refractivity contribution is -0.154. The molecule has 1 aliphatic rings. The Kier molecular flexibility index (Phi) is 9.09. The molecule has 0 unspecified atom stereocenters. The van der Waals surface area contributed by atoms with Gasteiger partial charge in [-0.1, -0.05) is 0 Å². The molecule has 0 aromatic carbocycles. The topological polar surface area (TPSA) is 87.9 Å². The third kappa shape index (κ3) is 7.24. The number of ether oxygens (including phenoxy) is 1. The Morgan fingerprint density at radius 3 is 2.75 bits per heavy atom. The van der Waals surface area contributed by atoms with Crippen LogP contribution >= 0.6 is 24.0 Å². The molecule has 1 aliphatic heterocycles. The molecule has 13 heteroatoms. The van der Waals surface area contributed by atoms with Crippen LogP contribution in [0.3, 0.4) is 0 Å². The number of hydrogen-bond acceptors (Lipinski definition) is 5. The lowest BCUT2D eigenvalue weighted by Crippen LogP contribution is -2.55. The summed E-state index contributed by atoms with van der Waals surface area (Å²) in [5.74, 6) is 0.364. The van der Waals surface area contributed by atoms with E-state index in [1.54, 1.807) is 35.1 Å². The normalized spacial score (nSPS) is 14.9. The molecular formula is C19H25F3IN7O2. The van der Waals surface area contributed by atoms with Crippen molar-refractivity contribution in [1.82, 2.24) is 25.0 Å². The summed E-state index contributed by atoms with van der Waals surface area (Å²) in [6, 6.07) is 3.07. The molecule has 0 spiro atoms. The summed E-state index contributed by atoms with van der Waals surface area (Å²) in [6.07, 6.45) is 0.377. The first kappa shape index (κ1) is 25.7. The minimum atomic E-state index is -4.43. The predicted octanol–water partition coefficient (Wildman–Crippen LogP) is 2.19. The van der Waals surface area contributed by atoms with Gasteiger partial charge in [-0.2, -0.15) is 18.3 Å². The van der Waals surface area contributed by atoms with Crippen molar-refractivity contribution >= 4 is 41.5 Å². The molecular weight excluding hydrogens is 542 g/mol. The molecule has 176 valence electrons. The van der Waals surface area contributed by atoms with Gasteiger partial charge in [0.15, 0.2) is 12.6 Å².